The molecular formula is C11H18N4O2. The average molecular weight is 238 g/mol. The topological polar surface area (TPSA) is 95.2 Å². The second kappa shape index (κ2) is 4.75. The number of nitrogens with one attached hydrogen (secondary N) is 1. The summed E-state index contributed by atoms with van der Waals surface area (Å²) in [5.41, 5.74) is 6.39. The largest absolute Gasteiger partial charge is 0.396 e. The molecule has 1 aromatic rings. The van der Waals surface area contributed by atoms with Gasteiger partial charge >= 0.3 is 0 Å². The Kier molecular flexibility index (Phi) is 3.33. The third kappa shape index (κ3) is 2.41. The first-order valence-corrected chi connectivity index (χ1v) is 5.85. The van der Waals surface area contributed by atoms with Crippen LogP contribution in [0.5, 0.6) is 0 Å². The summed E-state index contributed by atoms with van der Waals surface area (Å²) in [5.74, 6) is 0.183. The number of nitrogens with two attached hydrogens (primary N) is 1. The number of aromatic amines is 1. The van der Waals surface area contributed by atoms with Crippen molar-refractivity contribution in [2.24, 2.45) is 5.92 Å². The fraction of sp³-hybridized carbons (Fsp3) is 0.636. The molecule has 1 aromatic heterocycles. The van der Waals surface area contributed by atoms with Crippen LogP contribution in [0.2, 0.25) is 0 Å². The number of piperidine rings is 1. The predicted molar refractivity (Wildman–Crippen MR) is 63.3 cm³/mol. The van der Waals surface area contributed by atoms with Crippen LogP contribution in [0.1, 0.15) is 30.3 Å². The van der Waals surface area contributed by atoms with Crippen molar-refractivity contribution >= 4 is 11.6 Å². The fourth-order valence-electron chi connectivity index (χ4n) is 2.21. The van der Waals surface area contributed by atoms with E-state index in [0.29, 0.717) is 24.5 Å². The molecule has 1 fully saturated rings. The van der Waals surface area contributed by atoms with Crippen LogP contribution in [0.15, 0.2) is 6.20 Å². The van der Waals surface area contributed by atoms with E-state index in [4.69, 9.17) is 5.73 Å². The number of carbonyl (C=O) groups is 1. The van der Waals surface area contributed by atoms with Crippen LogP contribution in [-0.2, 0) is 0 Å². The van der Waals surface area contributed by atoms with Crippen molar-refractivity contribution in [3.8, 4) is 0 Å². The van der Waals surface area contributed by atoms with Gasteiger partial charge in [0.05, 0.1) is 18.0 Å². The number of anilines is 1. The highest BCUT2D eigenvalue weighted by Crippen LogP contribution is 2.22. The number of aliphatic hydroxyl groups excluding tert-OH is 1. The summed E-state index contributed by atoms with van der Waals surface area (Å²) in [4.78, 5) is 13.8. The van der Waals surface area contributed by atoms with Gasteiger partial charge in [0.25, 0.3) is 5.91 Å². The molecule has 1 unspecified atom stereocenters. The minimum atomic E-state index is -0.301. The van der Waals surface area contributed by atoms with Crippen molar-refractivity contribution in [1.82, 2.24) is 15.1 Å². The lowest BCUT2D eigenvalue weighted by atomic mass is 9.92. The molecule has 1 aliphatic rings. The SMILES string of the molecule is CC(O)C1CCN(C(=O)c2[nH]ncc2N)CC1. The van der Waals surface area contributed by atoms with Crippen LogP contribution in [-0.4, -0.2) is 45.3 Å². The number of nitrogens with zero attached hydrogens (tertiary/aromatic N) is 2. The van der Waals surface area contributed by atoms with E-state index in [1.807, 2.05) is 0 Å². The van der Waals surface area contributed by atoms with Crippen molar-refractivity contribution in [1.29, 1.82) is 0 Å². The zero-order valence-corrected chi connectivity index (χ0v) is 9.89. The Bertz CT molecular complexity index is 394. The molecule has 1 amide bonds. The van der Waals surface area contributed by atoms with E-state index in [2.05, 4.69) is 10.2 Å². The Morgan fingerprint density at radius 1 is 1.65 bits per heavy atom. The van der Waals surface area contributed by atoms with Crippen LogP contribution < -0.4 is 5.73 Å². The number of rotatable bonds is 2. The molecule has 6 heteroatoms. The number of carbonyl (C=O) groups excluding carboxylic acids is 1. The molecule has 1 aliphatic heterocycles. The van der Waals surface area contributed by atoms with Gasteiger partial charge in [-0.1, -0.05) is 0 Å². The zero-order valence-electron chi connectivity index (χ0n) is 9.89. The highest BCUT2D eigenvalue weighted by atomic mass is 16.3. The molecule has 6 nitrogen and oxygen atoms in total. The van der Waals surface area contributed by atoms with Gasteiger partial charge in [-0.15, -0.1) is 0 Å². The molecular weight excluding hydrogens is 220 g/mol. The molecule has 1 atom stereocenters. The monoisotopic (exact) mass is 238 g/mol. The first-order chi connectivity index (χ1) is 8.09. The highest BCUT2D eigenvalue weighted by molar-refractivity contribution is 5.97. The minimum Gasteiger partial charge on any atom is -0.396 e. The van der Waals surface area contributed by atoms with Gasteiger partial charge in [-0.2, -0.15) is 5.10 Å². The molecule has 0 bridgehead atoms. The van der Waals surface area contributed by atoms with Gasteiger partial charge in [0.1, 0.15) is 5.69 Å². The highest BCUT2D eigenvalue weighted by Gasteiger charge is 2.27. The van der Waals surface area contributed by atoms with Crippen molar-refractivity contribution in [3.63, 3.8) is 0 Å². The first-order valence-electron chi connectivity index (χ1n) is 5.85. The van der Waals surface area contributed by atoms with Gasteiger partial charge in [-0.05, 0) is 25.7 Å². The van der Waals surface area contributed by atoms with Gasteiger partial charge in [0.15, 0.2) is 0 Å². The number of nitrogen functional groups attached to an aromatic ring is 1. The summed E-state index contributed by atoms with van der Waals surface area (Å²) in [6, 6.07) is 0. The maximum Gasteiger partial charge on any atom is 0.274 e. The lowest BCUT2D eigenvalue weighted by Crippen LogP contribution is -2.41. The van der Waals surface area contributed by atoms with Gasteiger partial charge in [0, 0.05) is 13.1 Å². The summed E-state index contributed by atoms with van der Waals surface area (Å²) in [6.45, 7) is 3.12. The Morgan fingerprint density at radius 2 is 2.29 bits per heavy atom. The van der Waals surface area contributed by atoms with E-state index in [-0.39, 0.29) is 17.9 Å². The van der Waals surface area contributed by atoms with E-state index < -0.39 is 0 Å². The molecule has 1 saturated heterocycles. The molecule has 0 aromatic carbocycles. The third-order valence-corrected chi connectivity index (χ3v) is 3.39. The second-order valence-corrected chi connectivity index (χ2v) is 4.57. The predicted octanol–water partition coefficient (Wildman–Crippen LogP) is 0.225. The Morgan fingerprint density at radius 3 is 2.76 bits per heavy atom. The average Bonchev–Trinajstić information content (AvgIpc) is 2.74. The van der Waals surface area contributed by atoms with Gasteiger partial charge < -0.3 is 15.7 Å². The van der Waals surface area contributed by atoms with Crippen molar-refractivity contribution in [2.75, 3.05) is 18.8 Å². The number of hydrogen-bond donors (Lipinski definition) is 3. The van der Waals surface area contributed by atoms with Gasteiger partial charge in [-0.25, -0.2) is 0 Å². The number of hydrogen-bond acceptors (Lipinski definition) is 4. The molecule has 0 radical (unpaired) electrons. The summed E-state index contributed by atoms with van der Waals surface area (Å²) >= 11 is 0. The van der Waals surface area contributed by atoms with E-state index in [1.54, 1.807) is 11.8 Å². The summed E-state index contributed by atoms with van der Waals surface area (Å²) in [5, 5.41) is 15.9. The Balaban J connectivity index is 1.98. The summed E-state index contributed by atoms with van der Waals surface area (Å²) in [7, 11) is 0. The van der Waals surface area contributed by atoms with Crippen molar-refractivity contribution < 1.29 is 9.90 Å². The van der Waals surface area contributed by atoms with Crippen LogP contribution in [0, 0.1) is 5.92 Å². The number of likely N-dealkylation sites (tertiary alicyclic amines) is 1. The van der Waals surface area contributed by atoms with Crippen LogP contribution in [0.3, 0.4) is 0 Å². The first kappa shape index (κ1) is 11.9. The van der Waals surface area contributed by atoms with Gasteiger partial charge in [0.2, 0.25) is 0 Å². The van der Waals surface area contributed by atoms with E-state index >= 15 is 0 Å². The quantitative estimate of drug-likeness (QED) is 0.687. The van der Waals surface area contributed by atoms with E-state index in [0.717, 1.165) is 12.8 Å². The number of aromatic nitrogens is 2. The third-order valence-electron chi connectivity index (χ3n) is 3.39. The van der Waals surface area contributed by atoms with E-state index in [1.165, 1.54) is 6.20 Å². The smallest absolute Gasteiger partial charge is 0.274 e. The number of aliphatic hydroxyl groups is 1. The Hall–Kier alpha value is -1.56. The number of amides is 1. The molecule has 17 heavy (non-hydrogen) atoms. The van der Waals surface area contributed by atoms with E-state index in [9.17, 15) is 9.90 Å². The van der Waals surface area contributed by atoms with Crippen molar-refractivity contribution in [2.45, 2.75) is 25.9 Å². The summed E-state index contributed by atoms with van der Waals surface area (Å²) in [6.07, 6.45) is 2.80. The minimum absolute atomic E-state index is 0.107. The van der Waals surface area contributed by atoms with Gasteiger partial charge in [-0.3, -0.25) is 9.89 Å². The fourth-order valence-corrected chi connectivity index (χ4v) is 2.21. The van der Waals surface area contributed by atoms with Crippen molar-refractivity contribution in [3.05, 3.63) is 11.9 Å². The lowest BCUT2D eigenvalue weighted by molar-refractivity contribution is 0.0518. The lowest BCUT2D eigenvalue weighted by Gasteiger charge is -2.33. The molecule has 0 saturated carbocycles. The molecule has 94 valence electrons. The van der Waals surface area contributed by atoms with Crippen LogP contribution in [0.4, 0.5) is 5.69 Å². The maximum atomic E-state index is 12.1. The second-order valence-electron chi connectivity index (χ2n) is 4.57. The molecule has 0 aliphatic carbocycles. The van der Waals surface area contributed by atoms with Crippen LogP contribution >= 0.6 is 0 Å². The number of H-pyrrole nitrogens is 1. The van der Waals surface area contributed by atoms with Crippen LogP contribution in [0.25, 0.3) is 0 Å². The molecule has 2 rings (SSSR count). The Labute approximate surface area is 99.8 Å². The standard InChI is InChI=1S/C11H18N4O2/c1-7(16)8-2-4-15(5-3-8)11(17)10-9(12)6-13-14-10/h6-8,16H,2-5,12H2,1H3,(H,13,14). The zero-order chi connectivity index (χ0) is 12.4. The molecule has 4 N–H and O–H groups in total. The normalized spacial score (nSPS) is 19.3. The summed E-state index contributed by atoms with van der Waals surface area (Å²) < 4.78 is 0. The maximum absolute atomic E-state index is 12.1. The molecule has 0 spiro atoms. The molecule has 2 heterocycles.